The molecule has 1 fully saturated rings. The number of benzene rings is 1. The Labute approximate surface area is 205 Å². The minimum absolute atomic E-state index is 0.235. The van der Waals surface area contributed by atoms with Gasteiger partial charge in [-0.2, -0.15) is 15.1 Å². The van der Waals surface area contributed by atoms with Crippen LogP contribution in [-0.2, 0) is 11.2 Å². The van der Waals surface area contributed by atoms with Gasteiger partial charge in [-0.05, 0) is 52.4 Å². The number of halogens is 2. The fraction of sp³-hybridized carbons (Fsp3) is 0.273. The van der Waals surface area contributed by atoms with Crippen LogP contribution in [0.2, 0.25) is 5.02 Å². The molecule has 1 aliphatic rings. The first kappa shape index (κ1) is 22.7. The molecule has 1 saturated heterocycles. The van der Waals surface area contributed by atoms with Crippen LogP contribution in [0.5, 0.6) is 6.01 Å². The third-order valence-corrected chi connectivity index (χ3v) is 5.69. The maximum atomic E-state index is 6.64. The molecule has 3 aromatic rings. The molecule has 1 aliphatic heterocycles. The molecule has 0 aliphatic carbocycles. The van der Waals surface area contributed by atoms with E-state index in [0.717, 1.165) is 14.8 Å². The van der Waals surface area contributed by atoms with E-state index < -0.39 is 0 Å². The van der Waals surface area contributed by atoms with Crippen molar-refractivity contribution in [3.05, 3.63) is 68.5 Å². The molecule has 1 aromatic carbocycles. The van der Waals surface area contributed by atoms with Gasteiger partial charge in [0.05, 0.1) is 26.0 Å². The topological polar surface area (TPSA) is 84.8 Å². The van der Waals surface area contributed by atoms with E-state index in [2.05, 4.69) is 53.0 Å². The van der Waals surface area contributed by atoms with Crippen molar-refractivity contribution < 1.29 is 9.47 Å². The highest BCUT2D eigenvalue weighted by atomic mass is 127. The first-order chi connectivity index (χ1) is 15.7. The maximum Gasteiger partial charge on any atom is 0.320 e. The van der Waals surface area contributed by atoms with Gasteiger partial charge in [0.1, 0.15) is 5.02 Å². The SMILES string of the molecule is Clc1c(N/N=C/c2cccc(I)c2)nc(OCCc2ccccn2)nc1N1CCOCC1. The monoisotopic (exact) mass is 564 g/mol. The van der Waals surface area contributed by atoms with E-state index in [1.807, 2.05) is 42.5 Å². The zero-order chi connectivity index (χ0) is 22.2. The number of anilines is 2. The van der Waals surface area contributed by atoms with Crippen molar-refractivity contribution in [2.45, 2.75) is 6.42 Å². The average Bonchev–Trinajstić information content (AvgIpc) is 2.82. The molecule has 166 valence electrons. The van der Waals surface area contributed by atoms with Crippen molar-refractivity contribution in [2.24, 2.45) is 5.10 Å². The van der Waals surface area contributed by atoms with Crippen molar-refractivity contribution in [3.63, 3.8) is 0 Å². The summed E-state index contributed by atoms with van der Waals surface area (Å²) in [7, 11) is 0. The fourth-order valence-electron chi connectivity index (χ4n) is 3.09. The molecular formula is C22H22ClIN6O2. The van der Waals surface area contributed by atoms with Gasteiger partial charge in [0.25, 0.3) is 0 Å². The number of nitrogens with zero attached hydrogens (tertiary/aromatic N) is 5. The molecule has 0 unspecified atom stereocenters. The van der Waals surface area contributed by atoms with Crippen LogP contribution in [0.15, 0.2) is 53.8 Å². The molecule has 10 heteroatoms. The Morgan fingerprint density at radius 3 is 2.84 bits per heavy atom. The molecule has 1 N–H and O–H groups in total. The zero-order valence-electron chi connectivity index (χ0n) is 17.2. The molecule has 0 amide bonds. The second-order valence-electron chi connectivity index (χ2n) is 6.94. The Bertz CT molecular complexity index is 1060. The molecule has 2 aromatic heterocycles. The molecule has 0 radical (unpaired) electrons. The number of pyridine rings is 1. The van der Waals surface area contributed by atoms with Gasteiger partial charge in [0.15, 0.2) is 11.6 Å². The number of ether oxygens (including phenoxy) is 2. The van der Waals surface area contributed by atoms with Gasteiger partial charge in [-0.25, -0.2) is 0 Å². The maximum absolute atomic E-state index is 6.64. The van der Waals surface area contributed by atoms with Gasteiger partial charge in [0, 0.05) is 35.0 Å². The summed E-state index contributed by atoms with van der Waals surface area (Å²) < 4.78 is 12.4. The van der Waals surface area contributed by atoms with Crippen LogP contribution in [0.1, 0.15) is 11.3 Å². The van der Waals surface area contributed by atoms with Crippen LogP contribution in [-0.4, -0.2) is 54.1 Å². The van der Waals surface area contributed by atoms with E-state index >= 15 is 0 Å². The summed E-state index contributed by atoms with van der Waals surface area (Å²) in [6.45, 7) is 3.00. The van der Waals surface area contributed by atoms with Crippen molar-refractivity contribution in [3.8, 4) is 6.01 Å². The van der Waals surface area contributed by atoms with E-state index in [0.29, 0.717) is 56.0 Å². The minimum Gasteiger partial charge on any atom is -0.463 e. The zero-order valence-corrected chi connectivity index (χ0v) is 20.2. The van der Waals surface area contributed by atoms with Crippen molar-refractivity contribution in [1.82, 2.24) is 15.0 Å². The van der Waals surface area contributed by atoms with Crippen LogP contribution in [0.3, 0.4) is 0 Å². The number of nitrogens with one attached hydrogen (secondary N) is 1. The second-order valence-corrected chi connectivity index (χ2v) is 8.56. The number of hydrogen-bond acceptors (Lipinski definition) is 8. The average molecular weight is 565 g/mol. The number of morpholine rings is 1. The summed E-state index contributed by atoms with van der Waals surface area (Å²) in [6, 6.07) is 14.0. The lowest BCUT2D eigenvalue weighted by Gasteiger charge is -2.28. The van der Waals surface area contributed by atoms with Gasteiger partial charge in [-0.15, -0.1) is 0 Å². The van der Waals surface area contributed by atoms with Gasteiger partial charge in [-0.1, -0.05) is 29.8 Å². The van der Waals surface area contributed by atoms with E-state index in [1.54, 1.807) is 12.4 Å². The predicted molar refractivity (Wildman–Crippen MR) is 134 cm³/mol. The second kappa shape index (κ2) is 11.4. The molecule has 4 rings (SSSR count). The number of aromatic nitrogens is 3. The van der Waals surface area contributed by atoms with Crippen molar-refractivity contribution in [1.29, 1.82) is 0 Å². The third kappa shape index (κ3) is 6.27. The van der Waals surface area contributed by atoms with Crippen LogP contribution in [0.25, 0.3) is 0 Å². The van der Waals surface area contributed by atoms with Crippen molar-refractivity contribution in [2.75, 3.05) is 43.2 Å². The highest BCUT2D eigenvalue weighted by Crippen LogP contribution is 2.32. The van der Waals surface area contributed by atoms with E-state index in [-0.39, 0.29) is 6.01 Å². The molecule has 0 atom stereocenters. The highest BCUT2D eigenvalue weighted by Gasteiger charge is 2.21. The summed E-state index contributed by atoms with van der Waals surface area (Å²) in [5.41, 5.74) is 4.85. The smallest absolute Gasteiger partial charge is 0.320 e. The van der Waals surface area contributed by atoms with Gasteiger partial charge in [0.2, 0.25) is 0 Å². The Morgan fingerprint density at radius 1 is 1.19 bits per heavy atom. The van der Waals surface area contributed by atoms with E-state index in [4.69, 9.17) is 21.1 Å². The summed E-state index contributed by atoms with van der Waals surface area (Å²) in [5, 5.41) is 4.70. The quantitative estimate of drug-likeness (QED) is 0.251. The van der Waals surface area contributed by atoms with E-state index in [1.165, 1.54) is 0 Å². The van der Waals surface area contributed by atoms with Crippen LogP contribution in [0, 0.1) is 3.57 Å². The number of hydrazone groups is 1. The first-order valence-corrected chi connectivity index (χ1v) is 11.6. The largest absolute Gasteiger partial charge is 0.463 e. The number of hydrogen-bond donors (Lipinski definition) is 1. The Morgan fingerprint density at radius 2 is 2.06 bits per heavy atom. The normalized spacial score (nSPS) is 14.0. The minimum atomic E-state index is 0.235. The molecule has 0 saturated carbocycles. The summed E-state index contributed by atoms with van der Waals surface area (Å²) in [4.78, 5) is 15.4. The van der Waals surface area contributed by atoms with Gasteiger partial charge in [-0.3, -0.25) is 10.4 Å². The lowest BCUT2D eigenvalue weighted by molar-refractivity contribution is 0.122. The number of rotatable bonds is 8. The molecule has 32 heavy (non-hydrogen) atoms. The lowest BCUT2D eigenvalue weighted by Crippen LogP contribution is -2.37. The first-order valence-electron chi connectivity index (χ1n) is 10.2. The Hall–Kier alpha value is -2.50. The van der Waals surface area contributed by atoms with Gasteiger partial charge < -0.3 is 14.4 Å². The molecule has 8 nitrogen and oxygen atoms in total. The van der Waals surface area contributed by atoms with E-state index in [9.17, 15) is 0 Å². The molecular weight excluding hydrogens is 543 g/mol. The predicted octanol–water partition coefficient (Wildman–Crippen LogP) is 4.03. The fourth-order valence-corrected chi connectivity index (χ4v) is 3.90. The summed E-state index contributed by atoms with van der Waals surface area (Å²) in [5.74, 6) is 0.989. The molecule has 3 heterocycles. The molecule has 0 spiro atoms. The third-order valence-electron chi connectivity index (χ3n) is 4.67. The summed E-state index contributed by atoms with van der Waals surface area (Å²) in [6.07, 6.45) is 4.13. The Balaban J connectivity index is 1.52. The van der Waals surface area contributed by atoms with Crippen molar-refractivity contribution >= 4 is 52.0 Å². The Kier molecular flexibility index (Phi) is 8.07. The lowest BCUT2D eigenvalue weighted by atomic mass is 10.2. The van der Waals surface area contributed by atoms with Crippen LogP contribution < -0.4 is 15.1 Å². The highest BCUT2D eigenvalue weighted by molar-refractivity contribution is 14.1. The molecule has 0 bridgehead atoms. The van der Waals surface area contributed by atoms with Gasteiger partial charge >= 0.3 is 6.01 Å². The standard InChI is InChI=1S/C22H22ClIN6O2/c23-19-20(29-26-15-16-4-3-5-17(24)14-16)27-22(28-21(19)30-9-12-31-13-10-30)32-11-7-18-6-1-2-8-25-18/h1-6,8,14-15H,7,9-13H2,(H,27,28,29)/b26-15+. The summed E-state index contributed by atoms with van der Waals surface area (Å²) >= 11 is 8.90. The van der Waals surface area contributed by atoms with Crippen LogP contribution >= 0.6 is 34.2 Å². The van der Waals surface area contributed by atoms with Crippen LogP contribution in [0.4, 0.5) is 11.6 Å².